The molecule has 0 radical (unpaired) electrons. The summed E-state index contributed by atoms with van der Waals surface area (Å²) in [5.74, 6) is 1.11. The number of para-hydroxylation sites is 1. The maximum Gasteiger partial charge on any atom is 0.148 e. The van der Waals surface area contributed by atoms with Crippen LogP contribution < -0.4 is 11.1 Å². The van der Waals surface area contributed by atoms with Gasteiger partial charge in [0.05, 0.1) is 12.4 Å². The molecule has 3 N–H and O–H groups in total. The average molecular weight is 286 g/mol. The van der Waals surface area contributed by atoms with Crippen LogP contribution in [0.1, 0.15) is 36.6 Å². The number of aromatic nitrogens is 2. The molecule has 104 valence electrons. The minimum absolute atomic E-state index is 0.253. The Morgan fingerprint density at radius 2 is 2.00 bits per heavy atom. The summed E-state index contributed by atoms with van der Waals surface area (Å²) in [5, 5.41) is 3.33. The number of benzene rings is 1. The first kappa shape index (κ1) is 14.4. The zero-order valence-electron chi connectivity index (χ0n) is 11.8. The number of hydrogen-bond donors (Lipinski definition) is 2. The van der Waals surface area contributed by atoms with E-state index in [1.165, 1.54) is 11.1 Å². The van der Waals surface area contributed by atoms with Gasteiger partial charge >= 0.3 is 0 Å². The molecule has 0 bridgehead atoms. The lowest BCUT2D eigenvalue weighted by molar-refractivity contribution is 0.867. The van der Waals surface area contributed by atoms with Crippen LogP contribution in [0.2, 0.25) is 0 Å². The first-order valence-corrected chi connectivity index (χ1v) is 6.88. The third kappa shape index (κ3) is 3.11. The Bertz CT molecular complexity index is 620. The second kappa shape index (κ2) is 5.96. The molecule has 1 aromatic heterocycles. The molecule has 20 heavy (non-hydrogen) atoms. The molecule has 1 heterocycles. The van der Waals surface area contributed by atoms with E-state index in [9.17, 15) is 0 Å². The van der Waals surface area contributed by atoms with Crippen LogP contribution in [-0.2, 0) is 0 Å². The molecule has 4 nitrogen and oxygen atoms in total. The number of anilines is 2. The number of hydrogen-bond acceptors (Lipinski definition) is 4. The van der Waals surface area contributed by atoms with Crippen molar-refractivity contribution in [2.75, 3.05) is 5.32 Å². The second-order valence-corrected chi connectivity index (χ2v) is 5.41. The third-order valence-electron chi connectivity index (χ3n) is 3.08. The first-order valence-electron chi connectivity index (χ1n) is 6.47. The van der Waals surface area contributed by atoms with Gasteiger partial charge in [-0.1, -0.05) is 44.3 Å². The van der Waals surface area contributed by atoms with Crippen LogP contribution in [0.4, 0.5) is 11.5 Å². The molecule has 1 aromatic carbocycles. The number of nitrogens with one attached hydrogen (secondary N) is 1. The van der Waals surface area contributed by atoms with Crippen molar-refractivity contribution in [3.05, 3.63) is 47.4 Å². The fourth-order valence-electron chi connectivity index (χ4n) is 1.99. The van der Waals surface area contributed by atoms with Gasteiger partial charge in [-0.25, -0.2) is 9.97 Å². The fraction of sp³-hybridized carbons (Fsp3) is 0.267. The summed E-state index contributed by atoms with van der Waals surface area (Å²) in [6, 6.07) is 6.26. The van der Waals surface area contributed by atoms with Crippen molar-refractivity contribution in [3.8, 4) is 0 Å². The standard InChI is InChI=1S/C15H18N4S/c1-9(2)11-6-4-5-10(3)14(11)19-13-8-17-12(7-18-13)15(16)20/h4-9H,1-3H3,(H2,16,20)(H,18,19). The minimum atomic E-state index is 0.253. The number of rotatable bonds is 4. The number of nitrogens with zero attached hydrogens (tertiary/aromatic N) is 2. The van der Waals surface area contributed by atoms with E-state index >= 15 is 0 Å². The summed E-state index contributed by atoms with van der Waals surface area (Å²) in [6.07, 6.45) is 3.23. The van der Waals surface area contributed by atoms with Gasteiger partial charge in [-0.3, -0.25) is 0 Å². The molecule has 2 rings (SSSR count). The Morgan fingerprint density at radius 1 is 1.25 bits per heavy atom. The number of aryl methyl sites for hydroxylation is 1. The quantitative estimate of drug-likeness (QED) is 0.844. The molecular weight excluding hydrogens is 268 g/mol. The summed E-state index contributed by atoms with van der Waals surface area (Å²) < 4.78 is 0. The Kier molecular flexibility index (Phi) is 4.29. The topological polar surface area (TPSA) is 63.8 Å². The van der Waals surface area contributed by atoms with E-state index in [1.807, 2.05) is 0 Å². The van der Waals surface area contributed by atoms with Crippen molar-refractivity contribution in [2.24, 2.45) is 5.73 Å². The normalized spacial score (nSPS) is 10.6. The van der Waals surface area contributed by atoms with E-state index in [4.69, 9.17) is 18.0 Å². The van der Waals surface area contributed by atoms with E-state index < -0.39 is 0 Å². The molecule has 5 heteroatoms. The van der Waals surface area contributed by atoms with Gasteiger partial charge in [0.15, 0.2) is 0 Å². The molecule has 0 aliphatic heterocycles. The molecular formula is C15H18N4S. The smallest absolute Gasteiger partial charge is 0.148 e. The Morgan fingerprint density at radius 3 is 2.55 bits per heavy atom. The lowest BCUT2D eigenvalue weighted by Gasteiger charge is -2.16. The van der Waals surface area contributed by atoms with Gasteiger partial charge in [-0.05, 0) is 24.0 Å². The monoisotopic (exact) mass is 286 g/mol. The van der Waals surface area contributed by atoms with E-state index in [-0.39, 0.29) is 4.99 Å². The lowest BCUT2D eigenvalue weighted by Crippen LogP contribution is -2.12. The average Bonchev–Trinajstić information content (AvgIpc) is 2.41. The third-order valence-corrected chi connectivity index (χ3v) is 3.29. The zero-order valence-corrected chi connectivity index (χ0v) is 12.7. The number of thiocarbonyl (C=S) groups is 1. The van der Waals surface area contributed by atoms with Gasteiger partial charge in [-0.2, -0.15) is 0 Å². The molecule has 0 saturated heterocycles. The molecule has 2 aromatic rings. The Balaban J connectivity index is 2.32. The highest BCUT2D eigenvalue weighted by Gasteiger charge is 2.10. The molecule has 0 atom stereocenters. The largest absolute Gasteiger partial charge is 0.388 e. The van der Waals surface area contributed by atoms with Crippen LogP contribution in [0, 0.1) is 6.92 Å². The van der Waals surface area contributed by atoms with Gasteiger partial charge < -0.3 is 11.1 Å². The molecule has 0 aliphatic rings. The van der Waals surface area contributed by atoms with Crippen molar-refractivity contribution in [2.45, 2.75) is 26.7 Å². The van der Waals surface area contributed by atoms with Crippen molar-refractivity contribution in [3.63, 3.8) is 0 Å². The lowest BCUT2D eigenvalue weighted by atomic mass is 9.98. The van der Waals surface area contributed by atoms with Gasteiger partial charge in [-0.15, -0.1) is 0 Å². The van der Waals surface area contributed by atoms with Gasteiger partial charge in [0.2, 0.25) is 0 Å². The SMILES string of the molecule is Cc1cccc(C(C)C)c1Nc1cnc(C(N)=S)cn1. The van der Waals surface area contributed by atoms with Gasteiger partial charge in [0, 0.05) is 5.69 Å². The highest BCUT2D eigenvalue weighted by atomic mass is 32.1. The molecule has 0 saturated carbocycles. The van der Waals surface area contributed by atoms with Crippen molar-refractivity contribution >= 4 is 28.7 Å². The van der Waals surface area contributed by atoms with Crippen LogP contribution in [0.15, 0.2) is 30.6 Å². The minimum Gasteiger partial charge on any atom is -0.388 e. The summed E-state index contributed by atoms with van der Waals surface area (Å²) in [7, 11) is 0. The summed E-state index contributed by atoms with van der Waals surface area (Å²) in [6.45, 7) is 6.41. The van der Waals surface area contributed by atoms with Gasteiger partial charge in [0.1, 0.15) is 16.5 Å². The van der Waals surface area contributed by atoms with Crippen molar-refractivity contribution in [1.29, 1.82) is 0 Å². The van der Waals surface area contributed by atoms with Crippen LogP contribution >= 0.6 is 12.2 Å². The maximum absolute atomic E-state index is 5.51. The van der Waals surface area contributed by atoms with E-state index in [2.05, 4.69) is 54.3 Å². The second-order valence-electron chi connectivity index (χ2n) is 4.97. The predicted molar refractivity (Wildman–Crippen MR) is 86.5 cm³/mol. The van der Waals surface area contributed by atoms with Crippen LogP contribution in [0.25, 0.3) is 0 Å². The van der Waals surface area contributed by atoms with Crippen LogP contribution in [0.5, 0.6) is 0 Å². The predicted octanol–water partition coefficient (Wildman–Crippen LogP) is 3.29. The fourth-order valence-corrected chi connectivity index (χ4v) is 2.10. The highest BCUT2D eigenvalue weighted by molar-refractivity contribution is 7.80. The molecule has 0 unspecified atom stereocenters. The summed E-state index contributed by atoms with van der Waals surface area (Å²) in [5.41, 5.74) is 9.56. The summed E-state index contributed by atoms with van der Waals surface area (Å²) in [4.78, 5) is 8.74. The Labute approximate surface area is 124 Å². The first-order chi connectivity index (χ1) is 9.49. The van der Waals surface area contributed by atoms with E-state index in [0.717, 1.165) is 5.69 Å². The van der Waals surface area contributed by atoms with Crippen molar-refractivity contribution in [1.82, 2.24) is 9.97 Å². The molecule has 0 aliphatic carbocycles. The van der Waals surface area contributed by atoms with Crippen LogP contribution in [-0.4, -0.2) is 15.0 Å². The maximum atomic E-state index is 5.51. The number of nitrogens with two attached hydrogens (primary N) is 1. The molecule has 0 amide bonds. The zero-order chi connectivity index (χ0) is 14.7. The Hall–Kier alpha value is -2.01. The highest BCUT2D eigenvalue weighted by Crippen LogP contribution is 2.29. The molecule has 0 fully saturated rings. The van der Waals surface area contributed by atoms with E-state index in [1.54, 1.807) is 12.4 Å². The van der Waals surface area contributed by atoms with E-state index in [0.29, 0.717) is 17.4 Å². The summed E-state index contributed by atoms with van der Waals surface area (Å²) >= 11 is 4.87. The van der Waals surface area contributed by atoms with Crippen molar-refractivity contribution < 1.29 is 0 Å². The van der Waals surface area contributed by atoms with Gasteiger partial charge in [0.25, 0.3) is 0 Å². The van der Waals surface area contributed by atoms with Crippen LogP contribution in [0.3, 0.4) is 0 Å². The molecule has 0 spiro atoms.